The fourth-order valence-corrected chi connectivity index (χ4v) is 3.88. The van der Waals surface area contributed by atoms with Crippen LogP contribution >= 0.6 is 0 Å². The zero-order chi connectivity index (χ0) is 18.3. The Kier molecular flexibility index (Phi) is 3.95. The molecule has 1 spiro atoms. The van der Waals surface area contributed by atoms with Crippen molar-refractivity contribution in [3.63, 3.8) is 0 Å². The summed E-state index contributed by atoms with van der Waals surface area (Å²) in [6.07, 6.45) is 3.11. The molecule has 2 saturated heterocycles. The van der Waals surface area contributed by atoms with Gasteiger partial charge in [0, 0.05) is 31.5 Å². The van der Waals surface area contributed by atoms with Crippen LogP contribution in [0.2, 0.25) is 0 Å². The van der Waals surface area contributed by atoms with E-state index in [1.807, 2.05) is 24.3 Å². The van der Waals surface area contributed by atoms with Crippen molar-refractivity contribution in [2.75, 3.05) is 38.3 Å². The number of methoxy groups -OCH3 is 1. The van der Waals surface area contributed by atoms with Crippen LogP contribution in [0, 0.1) is 0 Å². The van der Waals surface area contributed by atoms with Gasteiger partial charge in [-0.3, -0.25) is 0 Å². The normalized spacial score (nSPS) is 19.1. The molecule has 2 aliphatic rings. The third-order valence-corrected chi connectivity index (χ3v) is 5.25. The number of fused-ring (bicyclic) bond motifs is 1. The number of anilines is 1. The van der Waals surface area contributed by atoms with E-state index in [0.717, 1.165) is 48.4 Å². The molecule has 0 aliphatic carbocycles. The molecule has 0 bridgehead atoms. The maximum Gasteiger partial charge on any atom is 0.263 e. The maximum absolute atomic E-state index is 5.83. The molecule has 2 fully saturated rings. The van der Waals surface area contributed by atoms with Crippen molar-refractivity contribution in [3.05, 3.63) is 30.6 Å². The Morgan fingerprint density at radius 2 is 1.85 bits per heavy atom. The van der Waals surface area contributed by atoms with Gasteiger partial charge in [0.1, 0.15) is 29.0 Å². The molecular weight excluding hydrogens is 348 g/mol. The van der Waals surface area contributed by atoms with Crippen molar-refractivity contribution in [1.82, 2.24) is 15.1 Å². The fraction of sp³-hybridized carbons (Fsp3) is 0.421. The van der Waals surface area contributed by atoms with Gasteiger partial charge >= 0.3 is 0 Å². The van der Waals surface area contributed by atoms with Crippen molar-refractivity contribution in [2.45, 2.75) is 18.6 Å². The summed E-state index contributed by atoms with van der Waals surface area (Å²) < 4.78 is 22.7. The average Bonchev–Trinajstić information content (AvgIpc) is 3.36. The van der Waals surface area contributed by atoms with Gasteiger partial charge in [-0.25, -0.2) is 4.98 Å². The second kappa shape index (κ2) is 6.47. The Labute approximate surface area is 156 Å². The summed E-state index contributed by atoms with van der Waals surface area (Å²) >= 11 is 0. The van der Waals surface area contributed by atoms with Crippen LogP contribution in [0.1, 0.15) is 12.8 Å². The zero-order valence-corrected chi connectivity index (χ0v) is 15.1. The van der Waals surface area contributed by atoms with Crippen LogP contribution < -0.4 is 9.64 Å². The first-order chi connectivity index (χ1) is 13.3. The summed E-state index contributed by atoms with van der Waals surface area (Å²) in [6, 6.07) is 7.73. The minimum atomic E-state index is -0.428. The quantitative estimate of drug-likeness (QED) is 0.698. The number of para-hydroxylation sites is 1. The van der Waals surface area contributed by atoms with Gasteiger partial charge in [-0.05, 0) is 12.1 Å². The second-order valence-corrected chi connectivity index (χ2v) is 6.70. The Morgan fingerprint density at radius 3 is 2.63 bits per heavy atom. The second-order valence-electron chi connectivity index (χ2n) is 6.70. The Hall–Kier alpha value is -2.71. The summed E-state index contributed by atoms with van der Waals surface area (Å²) in [5, 5.41) is 5.06. The van der Waals surface area contributed by atoms with Crippen LogP contribution in [-0.2, 0) is 9.47 Å². The highest BCUT2D eigenvalue weighted by molar-refractivity contribution is 5.99. The highest BCUT2D eigenvalue weighted by atomic mass is 16.7. The van der Waals surface area contributed by atoms with E-state index < -0.39 is 5.79 Å². The topological polar surface area (TPSA) is 82.7 Å². The molecule has 0 unspecified atom stereocenters. The van der Waals surface area contributed by atoms with E-state index in [9.17, 15) is 0 Å². The molecule has 2 aromatic heterocycles. The number of ether oxygens (including phenoxy) is 3. The summed E-state index contributed by atoms with van der Waals surface area (Å²) in [4.78, 5) is 11.0. The molecule has 140 valence electrons. The third kappa shape index (κ3) is 2.72. The van der Waals surface area contributed by atoms with E-state index in [-0.39, 0.29) is 0 Å². The van der Waals surface area contributed by atoms with Gasteiger partial charge in [0.2, 0.25) is 0 Å². The number of piperidine rings is 1. The molecular formula is C19H20N4O4. The predicted molar refractivity (Wildman–Crippen MR) is 97.7 cm³/mol. The number of aromatic nitrogens is 3. The molecule has 4 heterocycles. The number of nitrogens with zero attached hydrogens (tertiary/aromatic N) is 4. The van der Waals surface area contributed by atoms with Gasteiger partial charge in [0.15, 0.2) is 5.79 Å². The SMILES string of the molecule is COc1ccccc1-c1noc2ncnc(N3CCC4(CC3)OCCO4)c12. The van der Waals surface area contributed by atoms with Crippen molar-refractivity contribution in [2.24, 2.45) is 0 Å². The molecule has 0 saturated carbocycles. The molecule has 0 amide bonds. The fourth-order valence-electron chi connectivity index (χ4n) is 3.88. The van der Waals surface area contributed by atoms with E-state index in [1.165, 1.54) is 6.33 Å². The van der Waals surface area contributed by atoms with Gasteiger partial charge < -0.3 is 23.6 Å². The van der Waals surface area contributed by atoms with E-state index in [4.69, 9.17) is 18.7 Å². The van der Waals surface area contributed by atoms with Crippen LogP contribution in [0.15, 0.2) is 35.1 Å². The monoisotopic (exact) mass is 368 g/mol. The molecule has 3 aromatic rings. The van der Waals surface area contributed by atoms with Gasteiger partial charge in [0.25, 0.3) is 5.71 Å². The van der Waals surface area contributed by atoms with Crippen molar-refractivity contribution in [3.8, 4) is 17.0 Å². The average molecular weight is 368 g/mol. The van der Waals surface area contributed by atoms with Crippen molar-refractivity contribution in [1.29, 1.82) is 0 Å². The Bertz CT molecular complexity index is 957. The molecule has 8 heteroatoms. The first-order valence-corrected chi connectivity index (χ1v) is 9.06. The first kappa shape index (κ1) is 16.5. The minimum Gasteiger partial charge on any atom is -0.496 e. The number of benzene rings is 1. The molecule has 0 radical (unpaired) electrons. The molecule has 0 N–H and O–H groups in total. The molecule has 27 heavy (non-hydrogen) atoms. The number of rotatable bonds is 3. The largest absolute Gasteiger partial charge is 0.496 e. The van der Waals surface area contributed by atoms with E-state index in [0.29, 0.717) is 24.6 Å². The third-order valence-electron chi connectivity index (χ3n) is 5.25. The van der Waals surface area contributed by atoms with Gasteiger partial charge in [-0.2, -0.15) is 4.98 Å². The molecule has 1 aromatic carbocycles. The number of hydrogen-bond acceptors (Lipinski definition) is 8. The van der Waals surface area contributed by atoms with Crippen molar-refractivity contribution < 1.29 is 18.7 Å². The van der Waals surface area contributed by atoms with Gasteiger partial charge in [-0.15, -0.1) is 0 Å². The van der Waals surface area contributed by atoms with Crippen LogP contribution in [0.5, 0.6) is 5.75 Å². The smallest absolute Gasteiger partial charge is 0.263 e. The van der Waals surface area contributed by atoms with Crippen molar-refractivity contribution >= 4 is 16.9 Å². The van der Waals surface area contributed by atoms with E-state index >= 15 is 0 Å². The van der Waals surface area contributed by atoms with Crippen LogP contribution in [0.3, 0.4) is 0 Å². The first-order valence-electron chi connectivity index (χ1n) is 9.06. The van der Waals surface area contributed by atoms with Crippen LogP contribution in [-0.4, -0.2) is 54.3 Å². The summed E-state index contributed by atoms with van der Waals surface area (Å²) in [5.74, 6) is 1.12. The molecule has 2 aliphatic heterocycles. The minimum absolute atomic E-state index is 0.428. The lowest BCUT2D eigenvalue weighted by Crippen LogP contribution is -2.45. The predicted octanol–water partition coefficient (Wildman–Crippen LogP) is 2.64. The van der Waals surface area contributed by atoms with Gasteiger partial charge in [0.05, 0.1) is 20.3 Å². The lowest BCUT2D eigenvalue weighted by atomic mass is 10.0. The lowest BCUT2D eigenvalue weighted by molar-refractivity contribution is -0.169. The molecule has 0 atom stereocenters. The zero-order valence-electron chi connectivity index (χ0n) is 15.1. The van der Waals surface area contributed by atoms with Gasteiger partial charge in [-0.1, -0.05) is 17.3 Å². The molecule has 8 nitrogen and oxygen atoms in total. The highest BCUT2D eigenvalue weighted by Crippen LogP contribution is 2.39. The Balaban J connectivity index is 1.55. The number of hydrogen-bond donors (Lipinski definition) is 0. The summed E-state index contributed by atoms with van der Waals surface area (Å²) in [6.45, 7) is 2.90. The van der Waals surface area contributed by atoms with E-state index in [2.05, 4.69) is 20.0 Å². The lowest BCUT2D eigenvalue weighted by Gasteiger charge is -2.38. The standard InChI is InChI=1S/C19H20N4O4/c1-24-14-5-3-2-4-13(14)16-15-17(20-12-21-18(15)27-22-16)23-8-6-19(7-9-23)25-10-11-26-19/h2-5,12H,6-11H2,1H3. The summed E-state index contributed by atoms with van der Waals surface area (Å²) in [7, 11) is 1.64. The summed E-state index contributed by atoms with van der Waals surface area (Å²) in [5.41, 5.74) is 2.01. The van der Waals surface area contributed by atoms with Crippen LogP contribution in [0.4, 0.5) is 5.82 Å². The maximum atomic E-state index is 5.83. The Morgan fingerprint density at radius 1 is 1.07 bits per heavy atom. The van der Waals surface area contributed by atoms with Crippen LogP contribution in [0.25, 0.3) is 22.4 Å². The van der Waals surface area contributed by atoms with E-state index in [1.54, 1.807) is 7.11 Å². The highest BCUT2D eigenvalue weighted by Gasteiger charge is 2.40. The molecule has 5 rings (SSSR count).